The zero-order chi connectivity index (χ0) is 10.7. The first-order valence-corrected chi connectivity index (χ1v) is 5.72. The fourth-order valence-electron chi connectivity index (χ4n) is 0.941. The number of aromatic nitrogens is 3. The first kappa shape index (κ1) is 10.4. The van der Waals surface area contributed by atoms with Gasteiger partial charge in [0.15, 0.2) is 0 Å². The smallest absolute Gasteiger partial charge is 0.143 e. The molecule has 0 aromatic carbocycles. The Morgan fingerprint density at radius 3 is 2.67 bits per heavy atom. The van der Waals surface area contributed by atoms with Gasteiger partial charge >= 0.3 is 0 Å². The lowest BCUT2D eigenvalue weighted by molar-refractivity contribution is 1.05. The van der Waals surface area contributed by atoms with E-state index in [1.54, 1.807) is 12.4 Å². The third-order valence-corrected chi connectivity index (χ3v) is 2.87. The molecule has 2 heterocycles. The van der Waals surface area contributed by atoms with Crippen molar-refractivity contribution in [2.45, 2.75) is 10.1 Å². The second kappa shape index (κ2) is 4.59. The second-order valence-corrected chi connectivity index (χ2v) is 4.66. The molecule has 2 aromatic heterocycles. The van der Waals surface area contributed by atoms with Crippen LogP contribution in [0, 0.1) is 0 Å². The molecule has 76 valence electrons. The summed E-state index contributed by atoms with van der Waals surface area (Å²) in [7, 11) is 0. The molecule has 0 spiro atoms. The zero-order valence-electron chi connectivity index (χ0n) is 7.59. The highest BCUT2D eigenvalue weighted by Gasteiger charge is 2.00. The van der Waals surface area contributed by atoms with Crippen molar-refractivity contribution in [3.63, 3.8) is 0 Å². The van der Waals surface area contributed by atoms with Gasteiger partial charge in [-0.2, -0.15) is 0 Å². The third-order valence-electron chi connectivity index (χ3n) is 1.54. The minimum atomic E-state index is 0.414. The van der Waals surface area contributed by atoms with Crippen LogP contribution in [0.4, 0.5) is 5.82 Å². The van der Waals surface area contributed by atoms with Gasteiger partial charge in [-0.05, 0) is 39.8 Å². The Morgan fingerprint density at radius 2 is 2.00 bits per heavy atom. The van der Waals surface area contributed by atoms with Crippen LogP contribution in [-0.4, -0.2) is 15.0 Å². The van der Waals surface area contributed by atoms with Crippen molar-refractivity contribution in [3.05, 3.63) is 35.2 Å². The first-order valence-electron chi connectivity index (χ1n) is 4.11. The SMILES string of the molecule is Nc1cncc(Sc2ccc(Br)cn2)n1. The number of nitrogens with two attached hydrogens (primary N) is 1. The van der Waals surface area contributed by atoms with Gasteiger partial charge in [-0.1, -0.05) is 0 Å². The molecule has 0 aliphatic carbocycles. The quantitative estimate of drug-likeness (QED) is 0.916. The van der Waals surface area contributed by atoms with Crippen molar-refractivity contribution in [2.75, 3.05) is 5.73 Å². The minimum Gasteiger partial charge on any atom is -0.382 e. The standard InChI is InChI=1S/C9H7BrN4S/c10-6-1-2-8(13-3-6)15-9-5-12-4-7(11)14-9/h1-5H,(H2,11,14). The Morgan fingerprint density at radius 1 is 1.13 bits per heavy atom. The van der Waals surface area contributed by atoms with E-state index < -0.39 is 0 Å². The van der Waals surface area contributed by atoms with Crippen LogP contribution in [0.25, 0.3) is 0 Å². The van der Waals surface area contributed by atoms with Crippen molar-refractivity contribution in [1.29, 1.82) is 0 Å². The largest absolute Gasteiger partial charge is 0.382 e. The molecule has 0 unspecified atom stereocenters. The van der Waals surface area contributed by atoms with E-state index in [2.05, 4.69) is 30.9 Å². The molecule has 2 aromatic rings. The molecule has 0 bridgehead atoms. The molecular weight excluding hydrogens is 276 g/mol. The van der Waals surface area contributed by atoms with Gasteiger partial charge in [-0.15, -0.1) is 0 Å². The Bertz CT molecular complexity index is 460. The predicted octanol–water partition coefficient (Wildman–Crippen LogP) is 2.37. The number of nitrogen functional groups attached to an aromatic ring is 1. The van der Waals surface area contributed by atoms with Crippen LogP contribution in [-0.2, 0) is 0 Å². The maximum Gasteiger partial charge on any atom is 0.143 e. The Hall–Kier alpha value is -1.14. The van der Waals surface area contributed by atoms with Crippen LogP contribution in [0.1, 0.15) is 0 Å². The molecule has 0 amide bonds. The van der Waals surface area contributed by atoms with E-state index in [1.807, 2.05) is 12.1 Å². The third kappa shape index (κ3) is 2.90. The summed E-state index contributed by atoms with van der Waals surface area (Å²) in [5.41, 5.74) is 5.52. The molecule has 2 N–H and O–H groups in total. The first-order chi connectivity index (χ1) is 7.24. The van der Waals surface area contributed by atoms with Gasteiger partial charge in [0, 0.05) is 10.7 Å². The summed E-state index contributed by atoms with van der Waals surface area (Å²) in [6.07, 6.45) is 4.91. The fourth-order valence-corrected chi connectivity index (χ4v) is 1.90. The second-order valence-electron chi connectivity index (χ2n) is 2.70. The van der Waals surface area contributed by atoms with Crippen molar-refractivity contribution in [3.8, 4) is 0 Å². The van der Waals surface area contributed by atoms with Crippen molar-refractivity contribution in [2.24, 2.45) is 0 Å². The molecular formula is C9H7BrN4S. The van der Waals surface area contributed by atoms with Crippen molar-refractivity contribution in [1.82, 2.24) is 15.0 Å². The molecule has 4 nitrogen and oxygen atoms in total. The van der Waals surface area contributed by atoms with Gasteiger partial charge < -0.3 is 5.73 Å². The lowest BCUT2D eigenvalue weighted by Crippen LogP contribution is -1.92. The van der Waals surface area contributed by atoms with E-state index in [1.165, 1.54) is 18.0 Å². The molecule has 0 atom stereocenters. The van der Waals surface area contributed by atoms with Crippen LogP contribution in [0.5, 0.6) is 0 Å². The predicted molar refractivity (Wildman–Crippen MR) is 62.5 cm³/mol. The van der Waals surface area contributed by atoms with Crippen LogP contribution in [0.3, 0.4) is 0 Å². The van der Waals surface area contributed by atoms with Gasteiger partial charge in [0.05, 0.1) is 12.4 Å². The highest BCUT2D eigenvalue weighted by Crippen LogP contribution is 2.24. The minimum absolute atomic E-state index is 0.414. The van der Waals surface area contributed by atoms with Gasteiger partial charge in [0.1, 0.15) is 15.9 Å². The normalized spacial score (nSPS) is 10.2. The summed E-state index contributed by atoms with van der Waals surface area (Å²) in [6, 6.07) is 3.83. The molecule has 0 radical (unpaired) electrons. The zero-order valence-corrected chi connectivity index (χ0v) is 9.99. The Balaban J connectivity index is 2.18. The van der Waals surface area contributed by atoms with Gasteiger partial charge in [-0.25, -0.2) is 9.97 Å². The van der Waals surface area contributed by atoms with Gasteiger partial charge in [-0.3, -0.25) is 4.98 Å². The summed E-state index contributed by atoms with van der Waals surface area (Å²) < 4.78 is 0.950. The molecule has 0 saturated carbocycles. The van der Waals surface area contributed by atoms with Crippen LogP contribution >= 0.6 is 27.7 Å². The lowest BCUT2D eigenvalue weighted by atomic mass is 10.5. The van der Waals surface area contributed by atoms with E-state index in [-0.39, 0.29) is 0 Å². The van der Waals surface area contributed by atoms with E-state index in [0.717, 1.165) is 14.5 Å². The molecule has 0 aliphatic rings. The molecule has 0 fully saturated rings. The average molecular weight is 283 g/mol. The van der Waals surface area contributed by atoms with E-state index in [4.69, 9.17) is 5.73 Å². The van der Waals surface area contributed by atoms with E-state index in [9.17, 15) is 0 Å². The number of nitrogens with zero attached hydrogens (tertiary/aromatic N) is 3. The lowest BCUT2D eigenvalue weighted by Gasteiger charge is -2.00. The van der Waals surface area contributed by atoms with Gasteiger partial charge in [0.2, 0.25) is 0 Å². The molecule has 6 heteroatoms. The average Bonchev–Trinajstić information content (AvgIpc) is 2.22. The van der Waals surface area contributed by atoms with Gasteiger partial charge in [0.25, 0.3) is 0 Å². The molecule has 0 aliphatic heterocycles. The highest BCUT2D eigenvalue weighted by molar-refractivity contribution is 9.10. The van der Waals surface area contributed by atoms with Crippen LogP contribution in [0.2, 0.25) is 0 Å². The summed E-state index contributed by atoms with van der Waals surface area (Å²) in [5.74, 6) is 0.414. The summed E-state index contributed by atoms with van der Waals surface area (Å²) in [4.78, 5) is 12.3. The fraction of sp³-hybridized carbons (Fsp3) is 0. The number of hydrogen-bond donors (Lipinski definition) is 1. The maximum atomic E-state index is 5.52. The summed E-state index contributed by atoms with van der Waals surface area (Å²) in [6.45, 7) is 0. The molecule has 15 heavy (non-hydrogen) atoms. The molecule has 0 saturated heterocycles. The van der Waals surface area contributed by atoms with Crippen LogP contribution in [0.15, 0.2) is 45.2 Å². The highest BCUT2D eigenvalue weighted by atomic mass is 79.9. The van der Waals surface area contributed by atoms with Crippen molar-refractivity contribution >= 4 is 33.5 Å². The number of halogens is 1. The van der Waals surface area contributed by atoms with E-state index in [0.29, 0.717) is 5.82 Å². The molecule has 2 rings (SSSR count). The van der Waals surface area contributed by atoms with E-state index >= 15 is 0 Å². The Kier molecular flexibility index (Phi) is 3.17. The number of hydrogen-bond acceptors (Lipinski definition) is 5. The topological polar surface area (TPSA) is 64.7 Å². The maximum absolute atomic E-state index is 5.52. The monoisotopic (exact) mass is 282 g/mol. The Labute approximate surface area is 99.5 Å². The number of rotatable bonds is 2. The summed E-state index contributed by atoms with van der Waals surface area (Å²) >= 11 is 4.75. The number of pyridine rings is 1. The van der Waals surface area contributed by atoms with Crippen molar-refractivity contribution < 1.29 is 0 Å². The number of anilines is 1. The summed E-state index contributed by atoms with van der Waals surface area (Å²) in [5, 5.41) is 1.60. The van der Waals surface area contributed by atoms with Crippen LogP contribution < -0.4 is 5.73 Å².